The molecule has 0 aliphatic heterocycles. The van der Waals surface area contributed by atoms with Crippen molar-refractivity contribution >= 4 is 27.5 Å². The Morgan fingerprint density at radius 3 is 2.76 bits per heavy atom. The SMILES string of the molecule is Cc1cc(NC(=O)c2occc2C)cnc1Br. The minimum absolute atomic E-state index is 0.268. The van der Waals surface area contributed by atoms with Gasteiger partial charge in [0.1, 0.15) is 4.60 Å². The monoisotopic (exact) mass is 294 g/mol. The fourth-order valence-electron chi connectivity index (χ4n) is 1.42. The molecule has 0 saturated heterocycles. The highest BCUT2D eigenvalue weighted by molar-refractivity contribution is 9.10. The first kappa shape index (κ1) is 11.9. The van der Waals surface area contributed by atoms with Crippen LogP contribution in [0.2, 0.25) is 0 Å². The van der Waals surface area contributed by atoms with E-state index < -0.39 is 0 Å². The van der Waals surface area contributed by atoms with E-state index in [9.17, 15) is 4.79 Å². The summed E-state index contributed by atoms with van der Waals surface area (Å²) in [4.78, 5) is 16.0. The zero-order chi connectivity index (χ0) is 12.4. The van der Waals surface area contributed by atoms with Crippen molar-refractivity contribution in [1.29, 1.82) is 0 Å². The van der Waals surface area contributed by atoms with Crippen molar-refractivity contribution in [3.8, 4) is 0 Å². The van der Waals surface area contributed by atoms with Crippen LogP contribution >= 0.6 is 15.9 Å². The summed E-state index contributed by atoms with van der Waals surface area (Å²) in [6.07, 6.45) is 3.09. The number of halogens is 1. The van der Waals surface area contributed by atoms with Gasteiger partial charge in [-0.05, 0) is 47.5 Å². The summed E-state index contributed by atoms with van der Waals surface area (Å²) < 4.78 is 5.88. The lowest BCUT2D eigenvalue weighted by Crippen LogP contribution is -2.12. The van der Waals surface area contributed by atoms with E-state index in [2.05, 4.69) is 26.2 Å². The molecule has 5 heteroatoms. The van der Waals surface area contributed by atoms with Gasteiger partial charge in [-0.1, -0.05) is 0 Å². The molecule has 0 bridgehead atoms. The molecule has 0 saturated carbocycles. The summed E-state index contributed by atoms with van der Waals surface area (Å²) in [5, 5.41) is 2.74. The maximum absolute atomic E-state index is 11.8. The Kier molecular flexibility index (Phi) is 3.28. The number of carbonyl (C=O) groups is 1. The van der Waals surface area contributed by atoms with Crippen molar-refractivity contribution in [2.45, 2.75) is 13.8 Å². The van der Waals surface area contributed by atoms with E-state index in [1.54, 1.807) is 12.3 Å². The molecule has 2 rings (SSSR count). The van der Waals surface area contributed by atoms with Crippen LogP contribution in [0.15, 0.2) is 33.6 Å². The fourth-order valence-corrected chi connectivity index (χ4v) is 1.64. The Morgan fingerprint density at radius 2 is 2.18 bits per heavy atom. The van der Waals surface area contributed by atoms with Crippen LogP contribution < -0.4 is 5.32 Å². The normalized spacial score (nSPS) is 10.3. The lowest BCUT2D eigenvalue weighted by Gasteiger charge is -2.05. The fraction of sp³-hybridized carbons (Fsp3) is 0.167. The van der Waals surface area contributed by atoms with Crippen molar-refractivity contribution in [2.75, 3.05) is 5.32 Å². The van der Waals surface area contributed by atoms with Gasteiger partial charge in [0.25, 0.3) is 5.91 Å². The molecule has 0 spiro atoms. The van der Waals surface area contributed by atoms with E-state index in [0.717, 1.165) is 15.7 Å². The molecule has 2 heterocycles. The Bertz CT molecular complexity index is 563. The number of rotatable bonds is 2. The lowest BCUT2D eigenvalue weighted by molar-refractivity contribution is 0.0996. The molecule has 2 aromatic rings. The van der Waals surface area contributed by atoms with E-state index >= 15 is 0 Å². The zero-order valence-corrected chi connectivity index (χ0v) is 11.0. The minimum atomic E-state index is -0.268. The lowest BCUT2D eigenvalue weighted by atomic mass is 10.2. The third kappa shape index (κ3) is 2.55. The van der Waals surface area contributed by atoms with Crippen molar-refractivity contribution in [2.24, 2.45) is 0 Å². The highest BCUT2D eigenvalue weighted by Crippen LogP contribution is 2.18. The second-order valence-electron chi connectivity index (χ2n) is 3.72. The smallest absolute Gasteiger partial charge is 0.291 e. The number of furan rings is 1. The van der Waals surface area contributed by atoms with E-state index in [0.29, 0.717) is 11.4 Å². The van der Waals surface area contributed by atoms with Crippen LogP contribution in [0.3, 0.4) is 0 Å². The van der Waals surface area contributed by atoms with Crippen molar-refractivity contribution in [3.63, 3.8) is 0 Å². The Hall–Kier alpha value is -1.62. The second kappa shape index (κ2) is 4.71. The largest absolute Gasteiger partial charge is 0.459 e. The molecular weight excluding hydrogens is 284 g/mol. The molecule has 0 atom stereocenters. The highest BCUT2D eigenvalue weighted by Gasteiger charge is 2.13. The van der Waals surface area contributed by atoms with Crippen molar-refractivity contribution < 1.29 is 9.21 Å². The number of hydrogen-bond acceptors (Lipinski definition) is 3. The number of nitrogens with one attached hydrogen (secondary N) is 1. The first-order valence-electron chi connectivity index (χ1n) is 5.05. The number of nitrogens with zero attached hydrogens (tertiary/aromatic N) is 1. The van der Waals surface area contributed by atoms with Crippen LogP contribution in [0.25, 0.3) is 0 Å². The van der Waals surface area contributed by atoms with Gasteiger partial charge >= 0.3 is 0 Å². The van der Waals surface area contributed by atoms with Gasteiger partial charge in [0, 0.05) is 5.56 Å². The molecule has 0 aromatic carbocycles. The van der Waals surface area contributed by atoms with E-state index in [1.807, 2.05) is 19.9 Å². The van der Waals surface area contributed by atoms with Gasteiger partial charge in [0.05, 0.1) is 18.1 Å². The van der Waals surface area contributed by atoms with Crippen LogP contribution in [-0.4, -0.2) is 10.9 Å². The summed E-state index contributed by atoms with van der Waals surface area (Å²) >= 11 is 3.30. The molecule has 1 N–H and O–H groups in total. The maximum Gasteiger partial charge on any atom is 0.291 e. The number of anilines is 1. The number of pyridine rings is 1. The molecular formula is C12H11BrN2O2. The first-order chi connectivity index (χ1) is 8.08. The molecule has 88 valence electrons. The minimum Gasteiger partial charge on any atom is -0.459 e. The van der Waals surface area contributed by atoms with E-state index in [-0.39, 0.29) is 5.91 Å². The summed E-state index contributed by atoms with van der Waals surface area (Å²) in [5.41, 5.74) is 2.41. The van der Waals surface area contributed by atoms with Gasteiger partial charge in [0.15, 0.2) is 5.76 Å². The average molecular weight is 295 g/mol. The summed E-state index contributed by atoms with van der Waals surface area (Å²) in [7, 11) is 0. The summed E-state index contributed by atoms with van der Waals surface area (Å²) in [5.74, 6) is 0.0570. The molecule has 1 amide bonds. The van der Waals surface area contributed by atoms with Crippen LogP contribution in [-0.2, 0) is 0 Å². The molecule has 0 aliphatic carbocycles. The van der Waals surface area contributed by atoms with Crippen LogP contribution in [0, 0.1) is 13.8 Å². The van der Waals surface area contributed by atoms with Gasteiger partial charge in [-0.15, -0.1) is 0 Å². The van der Waals surface area contributed by atoms with E-state index in [1.165, 1.54) is 6.26 Å². The van der Waals surface area contributed by atoms with Gasteiger partial charge in [-0.3, -0.25) is 4.79 Å². The number of amides is 1. The second-order valence-corrected chi connectivity index (χ2v) is 4.47. The summed E-state index contributed by atoms with van der Waals surface area (Å²) in [6, 6.07) is 3.59. The van der Waals surface area contributed by atoms with Gasteiger partial charge < -0.3 is 9.73 Å². The standard InChI is InChI=1S/C12H11BrN2O2/c1-7-3-4-17-10(7)12(16)15-9-5-8(2)11(13)14-6-9/h3-6H,1-2H3,(H,15,16). The van der Waals surface area contributed by atoms with Crippen LogP contribution in [0.5, 0.6) is 0 Å². The van der Waals surface area contributed by atoms with Gasteiger partial charge in [0.2, 0.25) is 0 Å². The Labute approximate surface area is 107 Å². The van der Waals surface area contributed by atoms with E-state index in [4.69, 9.17) is 4.42 Å². The highest BCUT2D eigenvalue weighted by atomic mass is 79.9. The molecule has 0 aliphatic rings. The van der Waals surface area contributed by atoms with Crippen molar-refractivity contribution in [3.05, 3.63) is 46.1 Å². The number of aryl methyl sites for hydroxylation is 2. The molecule has 17 heavy (non-hydrogen) atoms. The van der Waals surface area contributed by atoms with Crippen LogP contribution in [0.4, 0.5) is 5.69 Å². The Morgan fingerprint density at radius 1 is 1.41 bits per heavy atom. The number of hydrogen-bond donors (Lipinski definition) is 1. The number of aromatic nitrogens is 1. The zero-order valence-electron chi connectivity index (χ0n) is 9.45. The maximum atomic E-state index is 11.8. The summed E-state index contributed by atoms with van der Waals surface area (Å²) in [6.45, 7) is 3.73. The molecule has 2 aromatic heterocycles. The van der Waals surface area contributed by atoms with Gasteiger partial charge in [-0.25, -0.2) is 4.98 Å². The first-order valence-corrected chi connectivity index (χ1v) is 5.85. The van der Waals surface area contributed by atoms with Crippen LogP contribution in [0.1, 0.15) is 21.7 Å². The number of carbonyl (C=O) groups excluding carboxylic acids is 1. The average Bonchev–Trinajstić information content (AvgIpc) is 2.70. The topological polar surface area (TPSA) is 55.1 Å². The predicted octanol–water partition coefficient (Wildman–Crippen LogP) is 3.31. The van der Waals surface area contributed by atoms with Gasteiger partial charge in [-0.2, -0.15) is 0 Å². The Balaban J connectivity index is 2.19. The molecule has 0 unspecified atom stereocenters. The third-order valence-electron chi connectivity index (χ3n) is 2.34. The quantitative estimate of drug-likeness (QED) is 0.865. The third-order valence-corrected chi connectivity index (χ3v) is 3.17. The molecule has 4 nitrogen and oxygen atoms in total. The predicted molar refractivity (Wildman–Crippen MR) is 68.1 cm³/mol. The van der Waals surface area contributed by atoms with Crippen molar-refractivity contribution in [1.82, 2.24) is 4.98 Å². The molecule has 0 radical (unpaired) electrons. The molecule has 0 fully saturated rings.